The molecular formula is C19H25N7O. The number of allylic oxidation sites excluding steroid dienone is 2. The highest BCUT2D eigenvalue weighted by molar-refractivity contribution is 5.94. The van der Waals surface area contributed by atoms with Gasteiger partial charge in [0, 0.05) is 24.0 Å². The molecule has 0 radical (unpaired) electrons. The number of anilines is 1. The lowest BCUT2D eigenvalue weighted by molar-refractivity contribution is 0.264. The van der Waals surface area contributed by atoms with E-state index >= 15 is 0 Å². The van der Waals surface area contributed by atoms with Crippen molar-refractivity contribution >= 4 is 28.1 Å². The Kier molecular flexibility index (Phi) is 5.56. The molecule has 0 atom stereocenters. The summed E-state index contributed by atoms with van der Waals surface area (Å²) in [5, 5.41) is 4.80. The molecule has 1 fully saturated rings. The second-order valence-electron chi connectivity index (χ2n) is 6.69. The lowest BCUT2D eigenvalue weighted by Crippen LogP contribution is -2.37. The van der Waals surface area contributed by atoms with E-state index in [2.05, 4.69) is 38.8 Å². The third-order valence-electron chi connectivity index (χ3n) is 4.68. The van der Waals surface area contributed by atoms with Gasteiger partial charge in [0.2, 0.25) is 0 Å². The van der Waals surface area contributed by atoms with Gasteiger partial charge in [-0.05, 0) is 50.5 Å². The van der Waals surface area contributed by atoms with E-state index in [-0.39, 0.29) is 17.6 Å². The van der Waals surface area contributed by atoms with E-state index in [0.29, 0.717) is 22.5 Å². The van der Waals surface area contributed by atoms with Crippen LogP contribution in [0.4, 0.5) is 5.82 Å². The van der Waals surface area contributed by atoms with Crippen molar-refractivity contribution in [1.82, 2.24) is 14.9 Å². The first-order chi connectivity index (χ1) is 13.0. The summed E-state index contributed by atoms with van der Waals surface area (Å²) >= 11 is 0. The van der Waals surface area contributed by atoms with Gasteiger partial charge in [-0.2, -0.15) is 0 Å². The molecule has 0 bridgehead atoms. The Hall–Kier alpha value is -3.13. The number of hydrogen-bond acceptors (Lipinski definition) is 5. The number of guanidine groups is 1. The maximum Gasteiger partial charge on any atom is 0.259 e. The molecule has 3 rings (SSSR count). The molecule has 2 aromatic heterocycles. The SMILES string of the molecule is C=C/C(=C\N=C(N)N)c1cc2cc[nH]c(=O)c2c(NC2CCN(C)CC2)n1. The van der Waals surface area contributed by atoms with Crippen LogP contribution in [0.5, 0.6) is 0 Å². The van der Waals surface area contributed by atoms with Crippen LogP contribution in [0.25, 0.3) is 16.3 Å². The highest BCUT2D eigenvalue weighted by Gasteiger charge is 2.19. The smallest absolute Gasteiger partial charge is 0.259 e. The summed E-state index contributed by atoms with van der Waals surface area (Å²) in [6.45, 7) is 5.83. The zero-order chi connectivity index (χ0) is 19.4. The molecule has 3 heterocycles. The number of fused-ring (bicyclic) bond motifs is 1. The van der Waals surface area contributed by atoms with Crippen molar-refractivity contribution in [2.24, 2.45) is 16.5 Å². The number of likely N-dealkylation sites (tertiary alicyclic amines) is 1. The van der Waals surface area contributed by atoms with Gasteiger partial charge < -0.3 is 26.7 Å². The van der Waals surface area contributed by atoms with Crippen LogP contribution >= 0.6 is 0 Å². The van der Waals surface area contributed by atoms with Gasteiger partial charge in [0.1, 0.15) is 5.82 Å². The second-order valence-corrected chi connectivity index (χ2v) is 6.69. The van der Waals surface area contributed by atoms with Gasteiger partial charge >= 0.3 is 0 Å². The molecule has 1 aliphatic rings. The minimum Gasteiger partial charge on any atom is -0.370 e. The van der Waals surface area contributed by atoms with E-state index in [1.165, 1.54) is 6.20 Å². The Balaban J connectivity index is 2.07. The van der Waals surface area contributed by atoms with Crippen molar-refractivity contribution in [2.75, 3.05) is 25.5 Å². The molecule has 6 N–H and O–H groups in total. The molecule has 142 valence electrons. The minimum atomic E-state index is -0.171. The normalized spacial score (nSPS) is 16.3. The molecule has 8 nitrogen and oxygen atoms in total. The first-order valence-electron chi connectivity index (χ1n) is 8.87. The summed E-state index contributed by atoms with van der Waals surface area (Å²) in [6, 6.07) is 3.95. The molecule has 0 aliphatic carbocycles. The highest BCUT2D eigenvalue weighted by Crippen LogP contribution is 2.25. The van der Waals surface area contributed by atoms with Gasteiger partial charge in [0.25, 0.3) is 5.56 Å². The van der Waals surface area contributed by atoms with Crippen molar-refractivity contribution in [2.45, 2.75) is 18.9 Å². The lowest BCUT2D eigenvalue weighted by Gasteiger charge is -2.30. The number of nitrogens with one attached hydrogen (secondary N) is 2. The molecule has 0 amide bonds. The highest BCUT2D eigenvalue weighted by atomic mass is 16.1. The Bertz CT molecular complexity index is 948. The van der Waals surface area contributed by atoms with Gasteiger partial charge in [0.15, 0.2) is 5.96 Å². The fraction of sp³-hybridized carbons (Fsp3) is 0.316. The van der Waals surface area contributed by atoms with Crippen LogP contribution < -0.4 is 22.3 Å². The summed E-state index contributed by atoms with van der Waals surface area (Å²) < 4.78 is 0. The zero-order valence-electron chi connectivity index (χ0n) is 15.4. The van der Waals surface area contributed by atoms with Crippen molar-refractivity contribution in [3.05, 3.63) is 53.2 Å². The first-order valence-corrected chi connectivity index (χ1v) is 8.87. The third kappa shape index (κ3) is 4.35. The van der Waals surface area contributed by atoms with E-state index < -0.39 is 0 Å². The van der Waals surface area contributed by atoms with Gasteiger partial charge in [0.05, 0.1) is 11.1 Å². The van der Waals surface area contributed by atoms with Crippen LogP contribution in [0.15, 0.2) is 47.0 Å². The maximum atomic E-state index is 12.4. The van der Waals surface area contributed by atoms with E-state index in [0.717, 1.165) is 31.3 Å². The van der Waals surface area contributed by atoms with E-state index in [4.69, 9.17) is 11.5 Å². The predicted octanol–water partition coefficient (Wildman–Crippen LogP) is 1.23. The fourth-order valence-corrected chi connectivity index (χ4v) is 3.18. The van der Waals surface area contributed by atoms with Crippen molar-refractivity contribution < 1.29 is 0 Å². The monoisotopic (exact) mass is 367 g/mol. The second kappa shape index (κ2) is 8.05. The number of hydrogen-bond donors (Lipinski definition) is 4. The number of piperidine rings is 1. The van der Waals surface area contributed by atoms with E-state index in [1.54, 1.807) is 12.3 Å². The van der Waals surface area contributed by atoms with Gasteiger partial charge in [-0.15, -0.1) is 0 Å². The summed E-state index contributed by atoms with van der Waals surface area (Å²) in [5.41, 5.74) is 12.0. The average molecular weight is 367 g/mol. The standard InChI is InChI=1S/C19H25N7O/c1-3-12(11-23-19(20)21)15-10-13-4-7-22-18(27)16(13)17(25-15)24-14-5-8-26(2)9-6-14/h3-4,7,10-11,14H,1,5-6,8-9H2,2H3,(H,22,27)(H,24,25)(H4,20,21,23)/b12-11+. The van der Waals surface area contributed by atoms with Crippen LogP contribution in [-0.4, -0.2) is 47.0 Å². The average Bonchev–Trinajstić information content (AvgIpc) is 2.64. The number of nitrogens with two attached hydrogens (primary N) is 2. The molecule has 0 unspecified atom stereocenters. The number of nitrogens with zero attached hydrogens (tertiary/aromatic N) is 3. The number of rotatable bonds is 5. The molecule has 8 heteroatoms. The van der Waals surface area contributed by atoms with Crippen LogP contribution in [0, 0.1) is 0 Å². The third-order valence-corrected chi connectivity index (χ3v) is 4.68. The van der Waals surface area contributed by atoms with Gasteiger partial charge in [-0.1, -0.05) is 12.7 Å². The zero-order valence-corrected chi connectivity index (χ0v) is 15.4. The molecule has 2 aromatic rings. The summed E-state index contributed by atoms with van der Waals surface area (Å²) in [4.78, 5) is 26.1. The fourth-order valence-electron chi connectivity index (χ4n) is 3.18. The van der Waals surface area contributed by atoms with Gasteiger partial charge in [-0.3, -0.25) is 4.79 Å². The van der Waals surface area contributed by atoms with E-state index in [9.17, 15) is 4.79 Å². The quantitative estimate of drug-likeness (QED) is 0.358. The molecular weight excluding hydrogens is 342 g/mol. The van der Waals surface area contributed by atoms with Crippen LogP contribution in [-0.2, 0) is 0 Å². The van der Waals surface area contributed by atoms with Crippen molar-refractivity contribution in [1.29, 1.82) is 0 Å². The van der Waals surface area contributed by atoms with Crippen LogP contribution in [0.3, 0.4) is 0 Å². The van der Waals surface area contributed by atoms with Crippen molar-refractivity contribution in [3.63, 3.8) is 0 Å². The topological polar surface area (TPSA) is 125 Å². The maximum absolute atomic E-state index is 12.4. The van der Waals surface area contributed by atoms with Crippen molar-refractivity contribution in [3.8, 4) is 0 Å². The minimum absolute atomic E-state index is 0.0451. The Morgan fingerprint density at radius 3 is 2.85 bits per heavy atom. The van der Waals surface area contributed by atoms with Gasteiger partial charge in [-0.25, -0.2) is 9.98 Å². The molecule has 0 aromatic carbocycles. The van der Waals surface area contributed by atoms with Crippen LogP contribution in [0.2, 0.25) is 0 Å². The molecule has 0 spiro atoms. The predicted molar refractivity (Wildman–Crippen MR) is 110 cm³/mol. The number of aromatic nitrogens is 2. The summed E-state index contributed by atoms with van der Waals surface area (Å²) in [6.07, 6.45) is 6.76. The molecule has 0 saturated carbocycles. The summed E-state index contributed by atoms with van der Waals surface area (Å²) in [7, 11) is 2.11. The molecule has 1 aliphatic heterocycles. The van der Waals surface area contributed by atoms with E-state index in [1.807, 2.05) is 12.1 Å². The lowest BCUT2D eigenvalue weighted by atomic mass is 10.0. The number of aliphatic imine (C=N–C) groups is 1. The Morgan fingerprint density at radius 1 is 1.44 bits per heavy atom. The molecule has 1 saturated heterocycles. The first kappa shape index (κ1) is 18.7. The molecule has 27 heavy (non-hydrogen) atoms. The largest absolute Gasteiger partial charge is 0.370 e. The number of aromatic amines is 1. The Morgan fingerprint density at radius 2 is 2.19 bits per heavy atom. The summed E-state index contributed by atoms with van der Waals surface area (Å²) in [5.74, 6) is 0.521. The Labute approximate surface area is 157 Å². The number of pyridine rings is 2. The number of H-pyrrole nitrogens is 1. The van der Waals surface area contributed by atoms with Crippen LogP contribution in [0.1, 0.15) is 18.5 Å².